The lowest BCUT2D eigenvalue weighted by molar-refractivity contribution is -0.153. The Labute approximate surface area is 111 Å². The van der Waals surface area contributed by atoms with Crippen LogP contribution in [0.5, 0.6) is 0 Å². The van der Waals surface area contributed by atoms with Crippen LogP contribution in [0.1, 0.15) is 30.5 Å². The van der Waals surface area contributed by atoms with Crippen molar-refractivity contribution in [2.45, 2.75) is 39.3 Å². The largest absolute Gasteiger partial charge is 0.295 e. The smallest absolute Gasteiger partial charge is 0.249 e. The SMILES string of the molecule is CCc1ccc(CN2C(=O)CNC(C)(C)C2=O)s1. The summed E-state index contributed by atoms with van der Waals surface area (Å²) in [5, 5.41) is 2.95. The second-order valence-corrected chi connectivity index (χ2v) is 6.24. The van der Waals surface area contributed by atoms with Crippen molar-refractivity contribution in [3.8, 4) is 0 Å². The Bertz CT molecular complexity index is 479. The van der Waals surface area contributed by atoms with Gasteiger partial charge in [-0.15, -0.1) is 11.3 Å². The molecule has 0 atom stereocenters. The number of piperazine rings is 1. The Balaban J connectivity index is 2.15. The van der Waals surface area contributed by atoms with E-state index >= 15 is 0 Å². The molecule has 4 nitrogen and oxygen atoms in total. The van der Waals surface area contributed by atoms with Crippen molar-refractivity contribution in [2.75, 3.05) is 6.54 Å². The lowest BCUT2D eigenvalue weighted by Gasteiger charge is -2.36. The maximum atomic E-state index is 12.2. The third-order valence-electron chi connectivity index (χ3n) is 3.14. The molecule has 1 aliphatic heterocycles. The highest BCUT2D eigenvalue weighted by atomic mass is 32.1. The number of carbonyl (C=O) groups is 2. The zero-order valence-electron chi connectivity index (χ0n) is 10.9. The first-order valence-corrected chi connectivity index (χ1v) is 6.93. The molecule has 1 aromatic heterocycles. The summed E-state index contributed by atoms with van der Waals surface area (Å²) in [5.74, 6) is -0.295. The normalized spacial score (nSPS) is 19.4. The second-order valence-electron chi connectivity index (χ2n) is 4.99. The molecule has 2 rings (SSSR count). The zero-order chi connectivity index (χ0) is 13.3. The molecule has 18 heavy (non-hydrogen) atoms. The molecule has 5 heteroatoms. The van der Waals surface area contributed by atoms with E-state index in [-0.39, 0.29) is 18.4 Å². The maximum absolute atomic E-state index is 12.2. The number of nitrogens with zero attached hydrogens (tertiary/aromatic N) is 1. The predicted molar refractivity (Wildman–Crippen MR) is 71.3 cm³/mol. The second kappa shape index (κ2) is 4.82. The van der Waals surface area contributed by atoms with E-state index in [9.17, 15) is 9.59 Å². The Kier molecular flexibility index (Phi) is 3.54. The Morgan fingerprint density at radius 2 is 2.00 bits per heavy atom. The van der Waals surface area contributed by atoms with E-state index < -0.39 is 5.54 Å². The monoisotopic (exact) mass is 266 g/mol. The number of hydrogen-bond donors (Lipinski definition) is 1. The summed E-state index contributed by atoms with van der Waals surface area (Å²) in [6.07, 6.45) is 0.986. The number of rotatable bonds is 3. The van der Waals surface area contributed by atoms with Crippen molar-refractivity contribution in [3.63, 3.8) is 0 Å². The molecule has 0 spiro atoms. The fourth-order valence-electron chi connectivity index (χ4n) is 1.93. The van der Waals surface area contributed by atoms with Gasteiger partial charge in [-0.25, -0.2) is 0 Å². The molecule has 98 valence electrons. The molecule has 0 radical (unpaired) electrons. The Hall–Kier alpha value is -1.20. The van der Waals surface area contributed by atoms with Crippen LogP contribution in [0, 0.1) is 0 Å². The Morgan fingerprint density at radius 3 is 2.61 bits per heavy atom. The van der Waals surface area contributed by atoms with Gasteiger partial charge in [-0.1, -0.05) is 6.92 Å². The molecule has 1 aromatic rings. The van der Waals surface area contributed by atoms with Gasteiger partial charge in [0.25, 0.3) is 0 Å². The number of imide groups is 1. The average Bonchev–Trinajstić information content (AvgIpc) is 2.78. The van der Waals surface area contributed by atoms with Gasteiger partial charge in [0.05, 0.1) is 18.6 Å². The minimum atomic E-state index is -0.654. The third-order valence-corrected chi connectivity index (χ3v) is 4.36. The number of hydrogen-bond acceptors (Lipinski definition) is 4. The van der Waals surface area contributed by atoms with E-state index in [4.69, 9.17) is 0 Å². The van der Waals surface area contributed by atoms with Crippen molar-refractivity contribution in [3.05, 3.63) is 21.9 Å². The van der Waals surface area contributed by atoms with Crippen LogP contribution in [-0.4, -0.2) is 28.8 Å². The van der Waals surface area contributed by atoms with Gasteiger partial charge < -0.3 is 0 Å². The predicted octanol–water partition coefficient (Wildman–Crippen LogP) is 1.55. The molecular formula is C13H18N2O2S. The van der Waals surface area contributed by atoms with E-state index in [1.807, 2.05) is 6.07 Å². The summed E-state index contributed by atoms with van der Waals surface area (Å²) in [6.45, 7) is 6.33. The summed E-state index contributed by atoms with van der Waals surface area (Å²) in [4.78, 5) is 27.7. The van der Waals surface area contributed by atoms with Crippen molar-refractivity contribution in [1.29, 1.82) is 0 Å². The minimum Gasteiger partial charge on any atom is -0.295 e. The summed E-state index contributed by atoms with van der Waals surface area (Å²) in [7, 11) is 0. The van der Waals surface area contributed by atoms with Crippen LogP contribution in [0.3, 0.4) is 0 Å². The highest BCUT2D eigenvalue weighted by Crippen LogP contribution is 2.22. The fraction of sp³-hybridized carbons (Fsp3) is 0.538. The van der Waals surface area contributed by atoms with Crippen LogP contribution < -0.4 is 5.32 Å². The van der Waals surface area contributed by atoms with E-state index in [2.05, 4.69) is 18.3 Å². The van der Waals surface area contributed by atoms with Crippen LogP contribution in [0.25, 0.3) is 0 Å². The summed E-state index contributed by atoms with van der Waals surface area (Å²) in [5.41, 5.74) is -0.654. The fourth-order valence-corrected chi connectivity index (χ4v) is 2.88. The lowest BCUT2D eigenvalue weighted by atomic mass is 10.0. The molecule has 1 aliphatic rings. The Morgan fingerprint density at radius 1 is 1.33 bits per heavy atom. The number of nitrogens with one attached hydrogen (secondary N) is 1. The molecule has 1 fully saturated rings. The summed E-state index contributed by atoms with van der Waals surface area (Å²) < 4.78 is 0. The highest BCUT2D eigenvalue weighted by molar-refractivity contribution is 7.11. The molecule has 0 aromatic carbocycles. The van der Waals surface area contributed by atoms with Crippen LogP contribution in [0.15, 0.2) is 12.1 Å². The van der Waals surface area contributed by atoms with Crippen molar-refractivity contribution in [2.24, 2.45) is 0 Å². The molecule has 1 N–H and O–H groups in total. The van der Waals surface area contributed by atoms with Crippen molar-refractivity contribution < 1.29 is 9.59 Å². The van der Waals surface area contributed by atoms with Gasteiger partial charge >= 0.3 is 0 Å². The molecule has 2 amide bonds. The molecule has 1 saturated heterocycles. The van der Waals surface area contributed by atoms with Crippen molar-refractivity contribution in [1.82, 2.24) is 10.2 Å². The van der Waals surface area contributed by atoms with E-state index in [1.54, 1.807) is 25.2 Å². The first-order valence-electron chi connectivity index (χ1n) is 6.11. The van der Waals surface area contributed by atoms with Crippen LogP contribution in [-0.2, 0) is 22.6 Å². The van der Waals surface area contributed by atoms with Gasteiger partial charge in [0, 0.05) is 9.75 Å². The van der Waals surface area contributed by atoms with Gasteiger partial charge in [-0.2, -0.15) is 0 Å². The maximum Gasteiger partial charge on any atom is 0.249 e. The first-order chi connectivity index (χ1) is 8.44. The molecule has 0 saturated carbocycles. The summed E-state index contributed by atoms with van der Waals surface area (Å²) in [6, 6.07) is 4.06. The molecule has 0 bridgehead atoms. The standard InChI is InChI=1S/C13H18N2O2S/c1-4-9-5-6-10(18-9)8-15-11(16)7-14-13(2,3)12(15)17/h5-6,14H,4,7-8H2,1-3H3. The number of thiophene rings is 1. The minimum absolute atomic E-state index is 0.147. The molecular weight excluding hydrogens is 248 g/mol. The quantitative estimate of drug-likeness (QED) is 0.844. The topological polar surface area (TPSA) is 49.4 Å². The average molecular weight is 266 g/mol. The lowest BCUT2D eigenvalue weighted by Crippen LogP contribution is -2.63. The van der Waals surface area contributed by atoms with Gasteiger partial charge in [0.1, 0.15) is 0 Å². The third kappa shape index (κ3) is 2.47. The van der Waals surface area contributed by atoms with E-state index in [0.717, 1.165) is 11.3 Å². The van der Waals surface area contributed by atoms with Crippen LogP contribution >= 0.6 is 11.3 Å². The van der Waals surface area contributed by atoms with Crippen LogP contribution in [0.4, 0.5) is 0 Å². The van der Waals surface area contributed by atoms with Gasteiger partial charge in [-0.3, -0.25) is 19.8 Å². The number of amides is 2. The zero-order valence-corrected chi connectivity index (χ0v) is 11.8. The first kappa shape index (κ1) is 13.2. The van der Waals surface area contributed by atoms with E-state index in [1.165, 1.54) is 9.78 Å². The number of aryl methyl sites for hydroxylation is 1. The van der Waals surface area contributed by atoms with Gasteiger partial charge in [-0.05, 0) is 32.4 Å². The molecule has 0 unspecified atom stereocenters. The van der Waals surface area contributed by atoms with E-state index in [0.29, 0.717) is 6.54 Å². The van der Waals surface area contributed by atoms with Gasteiger partial charge in [0.2, 0.25) is 11.8 Å². The molecule has 2 heterocycles. The van der Waals surface area contributed by atoms with Gasteiger partial charge in [0.15, 0.2) is 0 Å². The number of carbonyl (C=O) groups excluding carboxylic acids is 2. The van der Waals surface area contributed by atoms with Crippen LogP contribution in [0.2, 0.25) is 0 Å². The highest BCUT2D eigenvalue weighted by Gasteiger charge is 2.39. The summed E-state index contributed by atoms with van der Waals surface area (Å²) >= 11 is 1.66. The van der Waals surface area contributed by atoms with Crippen molar-refractivity contribution >= 4 is 23.2 Å². The molecule has 0 aliphatic carbocycles.